The third-order valence-electron chi connectivity index (χ3n) is 4.29. The first-order chi connectivity index (χ1) is 14.0. The van der Waals surface area contributed by atoms with Crippen LogP contribution in [0, 0.1) is 13.8 Å². The quantitative estimate of drug-likeness (QED) is 0.286. The van der Waals surface area contributed by atoms with Crippen molar-refractivity contribution in [3.63, 3.8) is 0 Å². The third kappa shape index (κ3) is 7.53. The van der Waals surface area contributed by atoms with Gasteiger partial charge in [-0.25, -0.2) is 0 Å². The lowest BCUT2D eigenvalue weighted by Gasteiger charge is -2.18. The second-order valence-electron chi connectivity index (χ2n) is 6.82. The smallest absolute Gasteiger partial charge is 0.125 e. The maximum absolute atomic E-state index is 6.05. The molecular formula is C24H31NO4. The summed E-state index contributed by atoms with van der Waals surface area (Å²) in [7, 11) is 1.52. The molecule has 2 aromatic rings. The number of ether oxygens (including phenoxy) is 3. The lowest BCUT2D eigenvalue weighted by Crippen LogP contribution is -2.16. The summed E-state index contributed by atoms with van der Waals surface area (Å²) in [6.07, 6.45) is 6.40. The van der Waals surface area contributed by atoms with Crippen LogP contribution in [-0.4, -0.2) is 32.6 Å². The Morgan fingerprint density at radius 3 is 2.48 bits per heavy atom. The monoisotopic (exact) mass is 397 g/mol. The SMILES string of the molecule is C/C=C/COc1cc(C)c(OCCC(C)Oc2cccc(/C=N/OC)c2)c(C)c1. The summed E-state index contributed by atoms with van der Waals surface area (Å²) in [5.74, 6) is 2.57. The topological polar surface area (TPSA) is 49.3 Å². The van der Waals surface area contributed by atoms with Gasteiger partial charge in [0.2, 0.25) is 0 Å². The standard InChI is InChI=1S/C24H31NO4/c1-6-7-12-27-23-14-18(2)24(19(3)15-23)28-13-11-20(4)29-22-10-8-9-21(16-22)17-25-26-5/h6-10,14-17,20H,11-13H2,1-5H3/b7-6+,25-17+. The molecule has 0 spiro atoms. The van der Waals surface area contributed by atoms with Gasteiger partial charge in [-0.05, 0) is 68.7 Å². The largest absolute Gasteiger partial charge is 0.493 e. The van der Waals surface area contributed by atoms with Crippen molar-refractivity contribution in [2.45, 2.75) is 40.2 Å². The van der Waals surface area contributed by atoms with Gasteiger partial charge in [-0.3, -0.25) is 0 Å². The number of benzene rings is 2. The molecule has 0 bridgehead atoms. The zero-order chi connectivity index (χ0) is 21.1. The van der Waals surface area contributed by atoms with Crippen LogP contribution in [0.3, 0.4) is 0 Å². The van der Waals surface area contributed by atoms with Crippen LogP contribution >= 0.6 is 0 Å². The van der Waals surface area contributed by atoms with Crippen molar-refractivity contribution in [1.29, 1.82) is 0 Å². The molecule has 0 saturated heterocycles. The van der Waals surface area contributed by atoms with E-state index in [4.69, 9.17) is 19.0 Å². The predicted molar refractivity (Wildman–Crippen MR) is 117 cm³/mol. The van der Waals surface area contributed by atoms with Crippen molar-refractivity contribution < 1.29 is 19.0 Å². The van der Waals surface area contributed by atoms with Gasteiger partial charge in [-0.1, -0.05) is 29.4 Å². The number of oxime groups is 1. The summed E-state index contributed by atoms with van der Waals surface area (Å²) in [5.41, 5.74) is 3.06. The fourth-order valence-electron chi connectivity index (χ4n) is 2.86. The molecule has 5 nitrogen and oxygen atoms in total. The number of rotatable bonds is 11. The van der Waals surface area contributed by atoms with E-state index in [0.717, 1.165) is 40.4 Å². The van der Waals surface area contributed by atoms with Gasteiger partial charge < -0.3 is 19.0 Å². The zero-order valence-corrected chi connectivity index (χ0v) is 18.0. The Morgan fingerprint density at radius 2 is 1.79 bits per heavy atom. The number of aryl methyl sites for hydroxylation is 2. The Labute approximate surface area is 173 Å². The van der Waals surface area contributed by atoms with Crippen molar-refractivity contribution >= 4 is 6.21 Å². The van der Waals surface area contributed by atoms with Crippen molar-refractivity contribution in [3.8, 4) is 17.2 Å². The highest BCUT2D eigenvalue weighted by atomic mass is 16.6. The molecule has 0 radical (unpaired) electrons. The number of nitrogens with zero attached hydrogens (tertiary/aromatic N) is 1. The van der Waals surface area contributed by atoms with Crippen molar-refractivity contribution in [3.05, 3.63) is 65.2 Å². The highest BCUT2D eigenvalue weighted by molar-refractivity contribution is 5.79. The van der Waals surface area contributed by atoms with E-state index < -0.39 is 0 Å². The van der Waals surface area contributed by atoms with Gasteiger partial charge in [0.1, 0.15) is 31.0 Å². The number of hydrogen-bond acceptors (Lipinski definition) is 5. The van der Waals surface area contributed by atoms with E-state index in [2.05, 4.69) is 5.16 Å². The second kappa shape index (κ2) is 11.8. The van der Waals surface area contributed by atoms with E-state index in [1.54, 1.807) is 6.21 Å². The molecule has 0 fully saturated rings. The Kier molecular flexibility index (Phi) is 9.09. The van der Waals surface area contributed by atoms with Gasteiger partial charge in [0.15, 0.2) is 0 Å². The molecule has 29 heavy (non-hydrogen) atoms. The Morgan fingerprint density at radius 1 is 1.03 bits per heavy atom. The van der Waals surface area contributed by atoms with E-state index in [1.165, 1.54) is 7.11 Å². The molecule has 0 aliphatic heterocycles. The minimum Gasteiger partial charge on any atom is -0.493 e. The van der Waals surface area contributed by atoms with Crippen LogP contribution in [0.4, 0.5) is 0 Å². The maximum atomic E-state index is 6.05. The van der Waals surface area contributed by atoms with Gasteiger partial charge in [0.25, 0.3) is 0 Å². The van der Waals surface area contributed by atoms with Gasteiger partial charge >= 0.3 is 0 Å². The molecule has 5 heteroatoms. The first kappa shape index (κ1) is 22.3. The van der Waals surface area contributed by atoms with E-state index in [9.17, 15) is 0 Å². The predicted octanol–water partition coefficient (Wildman–Crippen LogP) is 5.48. The van der Waals surface area contributed by atoms with Crippen LogP contribution in [-0.2, 0) is 4.84 Å². The molecule has 0 amide bonds. The van der Waals surface area contributed by atoms with E-state index in [1.807, 2.05) is 76.2 Å². The molecule has 2 aromatic carbocycles. The summed E-state index contributed by atoms with van der Waals surface area (Å²) in [6.45, 7) is 9.25. The molecule has 0 heterocycles. The molecule has 2 rings (SSSR count). The normalized spacial score (nSPS) is 12.3. The fraction of sp³-hybridized carbons (Fsp3) is 0.375. The summed E-state index contributed by atoms with van der Waals surface area (Å²) < 4.78 is 17.8. The van der Waals surface area contributed by atoms with Crippen LogP contribution in [0.2, 0.25) is 0 Å². The van der Waals surface area contributed by atoms with Gasteiger partial charge in [0.05, 0.1) is 18.9 Å². The number of allylic oxidation sites excluding steroid dienone is 1. The summed E-state index contributed by atoms with van der Waals surface area (Å²) in [4.78, 5) is 4.71. The third-order valence-corrected chi connectivity index (χ3v) is 4.29. The lowest BCUT2D eigenvalue weighted by atomic mass is 10.1. The average molecular weight is 398 g/mol. The van der Waals surface area contributed by atoms with Crippen LogP contribution in [0.15, 0.2) is 53.7 Å². The molecule has 0 aliphatic rings. The van der Waals surface area contributed by atoms with Crippen LogP contribution < -0.4 is 14.2 Å². The van der Waals surface area contributed by atoms with Crippen molar-refractivity contribution in [1.82, 2.24) is 0 Å². The first-order valence-corrected chi connectivity index (χ1v) is 9.84. The zero-order valence-electron chi connectivity index (χ0n) is 18.0. The molecule has 0 N–H and O–H groups in total. The minimum absolute atomic E-state index is 0.0219. The highest BCUT2D eigenvalue weighted by Crippen LogP contribution is 2.29. The highest BCUT2D eigenvalue weighted by Gasteiger charge is 2.10. The van der Waals surface area contributed by atoms with Gasteiger partial charge in [0, 0.05) is 6.42 Å². The van der Waals surface area contributed by atoms with Crippen LogP contribution in [0.25, 0.3) is 0 Å². The Hall–Kier alpha value is -2.95. The van der Waals surface area contributed by atoms with Crippen LogP contribution in [0.5, 0.6) is 17.2 Å². The van der Waals surface area contributed by atoms with Crippen molar-refractivity contribution in [2.75, 3.05) is 20.3 Å². The van der Waals surface area contributed by atoms with Crippen molar-refractivity contribution in [2.24, 2.45) is 5.16 Å². The molecule has 0 saturated carbocycles. The molecule has 1 atom stereocenters. The summed E-state index contributed by atoms with van der Waals surface area (Å²) >= 11 is 0. The molecule has 0 aromatic heterocycles. The Balaban J connectivity index is 1.87. The molecule has 0 aliphatic carbocycles. The minimum atomic E-state index is 0.0219. The fourth-order valence-corrected chi connectivity index (χ4v) is 2.86. The summed E-state index contributed by atoms with van der Waals surface area (Å²) in [6, 6.07) is 11.8. The maximum Gasteiger partial charge on any atom is 0.125 e. The van der Waals surface area contributed by atoms with Gasteiger partial charge in [-0.2, -0.15) is 0 Å². The van der Waals surface area contributed by atoms with E-state index in [0.29, 0.717) is 13.2 Å². The lowest BCUT2D eigenvalue weighted by molar-refractivity contribution is 0.176. The molecule has 1 unspecified atom stereocenters. The first-order valence-electron chi connectivity index (χ1n) is 9.84. The van der Waals surface area contributed by atoms with E-state index >= 15 is 0 Å². The number of hydrogen-bond donors (Lipinski definition) is 0. The summed E-state index contributed by atoms with van der Waals surface area (Å²) in [5, 5.41) is 3.78. The van der Waals surface area contributed by atoms with Crippen LogP contribution in [0.1, 0.15) is 37.0 Å². The Bertz CT molecular complexity index is 806. The molecule has 156 valence electrons. The average Bonchev–Trinajstić information content (AvgIpc) is 2.69. The van der Waals surface area contributed by atoms with Gasteiger partial charge in [-0.15, -0.1) is 0 Å². The molecular weight excluding hydrogens is 366 g/mol. The van der Waals surface area contributed by atoms with E-state index in [-0.39, 0.29) is 6.10 Å². The second-order valence-corrected chi connectivity index (χ2v) is 6.82.